The second kappa shape index (κ2) is 18.4. The zero-order valence-electron chi connectivity index (χ0n) is 35.2. The highest BCUT2D eigenvalue weighted by Gasteiger charge is 2.39. The second-order valence-corrected chi connectivity index (χ2v) is 16.8. The summed E-state index contributed by atoms with van der Waals surface area (Å²) in [6.45, 7) is 12.0. The molecule has 0 radical (unpaired) electrons. The molecule has 2 atom stereocenters. The molecule has 4 aromatic rings. The third-order valence-corrected chi connectivity index (χ3v) is 12.1. The molecule has 12 heteroatoms. The number of aromatic hydroxyl groups is 2. The van der Waals surface area contributed by atoms with Crippen molar-refractivity contribution in [3.05, 3.63) is 153 Å². The smallest absolute Gasteiger partial charge is 0.255 e. The monoisotopic (exact) mass is 836 g/mol. The predicted octanol–water partition coefficient (Wildman–Crippen LogP) is 6.39. The van der Waals surface area contributed by atoms with E-state index >= 15 is 0 Å². The van der Waals surface area contributed by atoms with E-state index in [1.807, 2.05) is 56.3 Å². The fourth-order valence-corrected chi connectivity index (χ4v) is 8.52. The lowest BCUT2D eigenvalue weighted by atomic mass is 9.99. The Morgan fingerprint density at radius 2 is 1.05 bits per heavy atom. The SMILES string of the molecule is C=C1CCC(N2Cc3cc(CCC(=O)Cc4ccc(C)c(O)c4)ccc3C2=O)C(=O)N1.C=C1CCC(N2Cc3cc(CCC(=O)Cc4ccc(O)c(C)c4)ccc3C2=O)C(=O)N1. The lowest BCUT2D eigenvalue weighted by Gasteiger charge is -2.30. The highest BCUT2D eigenvalue weighted by molar-refractivity contribution is 6.02. The molecule has 0 spiro atoms. The van der Waals surface area contributed by atoms with Crippen molar-refractivity contribution in [3.8, 4) is 11.5 Å². The molecule has 4 aliphatic rings. The van der Waals surface area contributed by atoms with Crippen molar-refractivity contribution in [2.45, 2.75) is 103 Å². The number of allylic oxidation sites excluding steroid dienone is 2. The van der Waals surface area contributed by atoms with Crippen LogP contribution >= 0.6 is 0 Å². The Balaban J connectivity index is 0.000000186. The number of carbonyl (C=O) groups is 6. The molecule has 62 heavy (non-hydrogen) atoms. The number of hydrogen-bond donors (Lipinski definition) is 4. The van der Waals surface area contributed by atoms with Gasteiger partial charge in [-0.25, -0.2) is 0 Å². The highest BCUT2D eigenvalue weighted by Crippen LogP contribution is 2.31. The van der Waals surface area contributed by atoms with Crippen LogP contribution < -0.4 is 10.6 Å². The first-order valence-electron chi connectivity index (χ1n) is 21.1. The third-order valence-electron chi connectivity index (χ3n) is 12.1. The number of phenols is 2. The van der Waals surface area contributed by atoms with Crippen molar-refractivity contribution in [2.75, 3.05) is 0 Å². The molecule has 0 bridgehead atoms. The number of nitrogens with one attached hydrogen (secondary N) is 2. The largest absolute Gasteiger partial charge is 0.508 e. The van der Waals surface area contributed by atoms with Gasteiger partial charge < -0.3 is 30.6 Å². The Morgan fingerprint density at radius 1 is 0.597 bits per heavy atom. The average Bonchev–Trinajstić information content (AvgIpc) is 3.73. The maximum absolute atomic E-state index is 12.8. The molecule has 2 fully saturated rings. The topological polar surface area (TPSA) is 173 Å². The summed E-state index contributed by atoms with van der Waals surface area (Å²) in [7, 11) is 0. The standard InChI is InChI=1S/2C25H26N2O4/c1-15-11-18(6-10-23(15)29)13-20(28)7-4-17-5-8-21-19(12-17)14-27(25(21)31)22-9-3-16(2)26-24(22)30;1-15-3-5-18(13-23(15)29)12-20(28)8-6-17-7-9-21-19(11-17)14-27(25(21)31)22-10-4-16(2)26-24(22)30/h5-6,8,10-12,22,29H,2-4,7,9,13-14H2,1H3,(H,26,30);3,5,7,9,11,13,22,29H,2,4,6,8,10,12,14H2,1H3,(H,26,30). The van der Waals surface area contributed by atoms with Gasteiger partial charge in [0.2, 0.25) is 11.8 Å². The summed E-state index contributed by atoms with van der Waals surface area (Å²) in [5.41, 5.74) is 9.69. The van der Waals surface area contributed by atoms with Gasteiger partial charge in [0, 0.05) is 61.3 Å². The lowest BCUT2D eigenvalue weighted by molar-refractivity contribution is -0.127. The molecule has 2 unspecified atom stereocenters. The van der Waals surface area contributed by atoms with Crippen LogP contribution in [0.3, 0.4) is 0 Å². The molecular weight excluding hydrogens is 785 g/mol. The van der Waals surface area contributed by atoms with E-state index in [1.165, 1.54) is 0 Å². The number of aryl methyl sites for hydroxylation is 4. The number of nitrogens with zero attached hydrogens (tertiary/aromatic N) is 2. The second-order valence-electron chi connectivity index (χ2n) is 16.8. The summed E-state index contributed by atoms with van der Waals surface area (Å²) >= 11 is 0. The van der Waals surface area contributed by atoms with Gasteiger partial charge in [-0.2, -0.15) is 0 Å². The third kappa shape index (κ3) is 9.86. The molecule has 0 saturated carbocycles. The number of amides is 4. The Bertz CT molecular complexity index is 2350. The zero-order chi connectivity index (χ0) is 44.2. The Kier molecular flexibility index (Phi) is 12.9. The first kappa shape index (κ1) is 43.3. The summed E-state index contributed by atoms with van der Waals surface area (Å²) in [5.74, 6) is 0.0705. The van der Waals surface area contributed by atoms with Crippen LogP contribution in [0, 0.1) is 13.8 Å². The normalized spacial score (nSPS) is 18.2. The van der Waals surface area contributed by atoms with E-state index < -0.39 is 12.1 Å². The van der Waals surface area contributed by atoms with Crippen LogP contribution in [0.1, 0.15) is 104 Å². The van der Waals surface area contributed by atoms with E-state index in [0.29, 0.717) is 93.4 Å². The summed E-state index contributed by atoms with van der Waals surface area (Å²) in [6.07, 6.45) is 5.11. The number of hydrogen-bond acceptors (Lipinski definition) is 8. The van der Waals surface area contributed by atoms with Gasteiger partial charge in [-0.05, 0) is 121 Å². The van der Waals surface area contributed by atoms with Crippen molar-refractivity contribution in [2.24, 2.45) is 0 Å². The number of Topliss-reactive ketones (excluding diaryl/α,β-unsaturated/α-hetero) is 2. The zero-order valence-corrected chi connectivity index (χ0v) is 35.2. The number of phenolic OH excluding ortho intramolecular Hbond substituents is 2. The Hall–Kier alpha value is -6.82. The van der Waals surface area contributed by atoms with Crippen molar-refractivity contribution in [1.82, 2.24) is 20.4 Å². The maximum Gasteiger partial charge on any atom is 0.255 e. The van der Waals surface area contributed by atoms with E-state index in [1.54, 1.807) is 40.1 Å². The number of fused-ring (bicyclic) bond motifs is 2. The predicted molar refractivity (Wildman–Crippen MR) is 233 cm³/mol. The summed E-state index contributed by atoms with van der Waals surface area (Å²) in [4.78, 5) is 78.3. The fourth-order valence-electron chi connectivity index (χ4n) is 8.52. The average molecular weight is 837 g/mol. The maximum atomic E-state index is 12.8. The van der Waals surface area contributed by atoms with Crippen LogP contribution in [0.15, 0.2) is 97.3 Å². The van der Waals surface area contributed by atoms with Gasteiger partial charge >= 0.3 is 0 Å². The van der Waals surface area contributed by atoms with Crippen molar-refractivity contribution >= 4 is 35.2 Å². The number of piperidine rings is 2. The van der Waals surface area contributed by atoms with Gasteiger partial charge in [0.15, 0.2) is 0 Å². The Labute approximate surface area is 361 Å². The van der Waals surface area contributed by atoms with Crippen molar-refractivity contribution in [1.29, 1.82) is 0 Å². The quantitative estimate of drug-likeness (QED) is 0.127. The molecule has 8 rings (SSSR count). The van der Waals surface area contributed by atoms with Crippen LogP contribution in [-0.2, 0) is 58.0 Å². The molecule has 0 aromatic heterocycles. The van der Waals surface area contributed by atoms with E-state index in [4.69, 9.17) is 0 Å². The van der Waals surface area contributed by atoms with Crippen LogP contribution in [0.4, 0.5) is 0 Å². The summed E-state index contributed by atoms with van der Waals surface area (Å²) in [5, 5.41) is 24.9. The van der Waals surface area contributed by atoms with E-state index in [0.717, 1.165) is 44.5 Å². The molecule has 4 heterocycles. The van der Waals surface area contributed by atoms with Gasteiger partial charge in [0.05, 0.1) is 0 Å². The first-order chi connectivity index (χ1) is 29.6. The van der Waals surface area contributed by atoms with Crippen LogP contribution in [0.25, 0.3) is 0 Å². The number of ketones is 2. The van der Waals surface area contributed by atoms with Crippen molar-refractivity contribution < 1.29 is 39.0 Å². The van der Waals surface area contributed by atoms with E-state index in [-0.39, 0.29) is 53.1 Å². The molecule has 0 aliphatic carbocycles. The molecule has 4 aliphatic heterocycles. The van der Waals surface area contributed by atoms with Gasteiger partial charge in [-0.15, -0.1) is 0 Å². The van der Waals surface area contributed by atoms with Crippen LogP contribution in [0.5, 0.6) is 11.5 Å². The van der Waals surface area contributed by atoms with Gasteiger partial charge in [-0.3, -0.25) is 28.8 Å². The molecule has 4 N–H and O–H groups in total. The summed E-state index contributed by atoms with van der Waals surface area (Å²) in [6, 6.07) is 20.9. The first-order valence-corrected chi connectivity index (χ1v) is 21.1. The molecule has 2 saturated heterocycles. The minimum Gasteiger partial charge on any atom is -0.508 e. The van der Waals surface area contributed by atoms with Gasteiger partial charge in [-0.1, -0.05) is 61.7 Å². The number of carbonyl (C=O) groups excluding carboxylic acids is 6. The van der Waals surface area contributed by atoms with E-state index in [9.17, 15) is 39.0 Å². The highest BCUT2D eigenvalue weighted by atomic mass is 16.3. The molecule has 4 amide bonds. The molecule has 12 nitrogen and oxygen atoms in total. The molecule has 4 aromatic carbocycles. The molecular formula is C50H52N4O8. The van der Waals surface area contributed by atoms with Crippen molar-refractivity contribution in [3.63, 3.8) is 0 Å². The lowest BCUT2D eigenvalue weighted by Crippen LogP contribution is -2.49. The van der Waals surface area contributed by atoms with E-state index in [2.05, 4.69) is 23.8 Å². The number of rotatable bonds is 12. The summed E-state index contributed by atoms with van der Waals surface area (Å²) < 4.78 is 0. The Morgan fingerprint density at radius 3 is 1.50 bits per heavy atom. The minimum atomic E-state index is -0.471. The van der Waals surface area contributed by atoms with Crippen LogP contribution in [0.2, 0.25) is 0 Å². The molecule has 320 valence electrons. The minimum absolute atomic E-state index is 0.0977. The fraction of sp³-hybridized carbons (Fsp3) is 0.320. The number of benzene rings is 4. The van der Waals surface area contributed by atoms with Gasteiger partial charge in [0.25, 0.3) is 11.8 Å². The van der Waals surface area contributed by atoms with Crippen LogP contribution in [-0.4, -0.2) is 67.3 Å². The van der Waals surface area contributed by atoms with Gasteiger partial charge in [0.1, 0.15) is 35.1 Å².